The van der Waals surface area contributed by atoms with Gasteiger partial charge in [-0.05, 0) is 61.9 Å². The number of ether oxygens (including phenoxy) is 3. The molecule has 38 heavy (non-hydrogen) atoms. The second-order valence-corrected chi connectivity index (χ2v) is 8.46. The average Bonchev–Trinajstić information content (AvgIpc) is 2.86. The summed E-state index contributed by atoms with van der Waals surface area (Å²) in [5, 5.41) is 3.00. The Morgan fingerprint density at radius 1 is 1.03 bits per heavy atom. The van der Waals surface area contributed by atoms with Crippen LogP contribution < -0.4 is 25.0 Å². The molecule has 4 aromatic rings. The fourth-order valence-corrected chi connectivity index (χ4v) is 3.77. The summed E-state index contributed by atoms with van der Waals surface area (Å²) in [5.74, 6) is -3.04. The first kappa shape index (κ1) is 26.9. The van der Waals surface area contributed by atoms with Gasteiger partial charge in [0.05, 0.1) is 12.0 Å². The lowest BCUT2D eigenvalue weighted by molar-refractivity contribution is -0.154. The minimum Gasteiger partial charge on any atom is -0.490 e. The van der Waals surface area contributed by atoms with E-state index in [1.54, 1.807) is 38.1 Å². The number of aryl methyl sites for hydroxylation is 1. The Morgan fingerprint density at radius 2 is 1.76 bits per heavy atom. The van der Waals surface area contributed by atoms with Crippen LogP contribution in [0.1, 0.15) is 18.2 Å². The number of rotatable bonds is 8. The maximum atomic E-state index is 13.9. The summed E-state index contributed by atoms with van der Waals surface area (Å²) in [6, 6.07) is 14.6. The Balaban J connectivity index is 1.61. The zero-order chi connectivity index (χ0) is 27.4. The molecule has 0 fully saturated rings. The zero-order valence-corrected chi connectivity index (χ0v) is 20.9. The van der Waals surface area contributed by atoms with Crippen LogP contribution in [0.3, 0.4) is 0 Å². The molecule has 1 aromatic heterocycles. The first-order chi connectivity index (χ1) is 18.1. The lowest BCUT2D eigenvalue weighted by atomic mass is 10.2. The van der Waals surface area contributed by atoms with Crippen LogP contribution in [0.15, 0.2) is 69.9 Å². The third-order valence-corrected chi connectivity index (χ3v) is 5.51. The quantitative estimate of drug-likeness (QED) is 0.256. The molecule has 0 aliphatic heterocycles. The van der Waals surface area contributed by atoms with Crippen LogP contribution >= 0.6 is 11.6 Å². The topological polar surface area (TPSA) is 87.0 Å². The molecule has 0 aliphatic carbocycles. The van der Waals surface area contributed by atoms with E-state index >= 15 is 0 Å². The predicted octanol–water partition coefficient (Wildman–Crippen LogP) is 6.98. The molecule has 1 N–H and O–H groups in total. The number of anilines is 1. The van der Waals surface area contributed by atoms with Crippen LogP contribution in [-0.4, -0.2) is 19.1 Å². The second-order valence-electron chi connectivity index (χ2n) is 8.02. The molecule has 0 radical (unpaired) electrons. The van der Waals surface area contributed by atoms with Crippen molar-refractivity contribution in [1.82, 2.24) is 0 Å². The van der Waals surface area contributed by atoms with Gasteiger partial charge in [0.1, 0.15) is 11.3 Å². The van der Waals surface area contributed by atoms with Crippen LogP contribution in [0.25, 0.3) is 11.0 Å². The molecule has 0 atom stereocenters. The van der Waals surface area contributed by atoms with Gasteiger partial charge in [-0.25, -0.2) is 0 Å². The molecule has 11 heteroatoms. The number of alkyl halides is 3. The molecule has 198 valence electrons. The number of hydrogen-bond donors (Lipinski definition) is 1. The highest BCUT2D eigenvalue weighted by Gasteiger charge is 2.40. The van der Waals surface area contributed by atoms with E-state index in [9.17, 15) is 22.8 Å². The molecule has 1 amide bonds. The highest BCUT2D eigenvalue weighted by molar-refractivity contribution is 6.30. The Hall–Kier alpha value is -4.18. The zero-order valence-electron chi connectivity index (χ0n) is 20.1. The fourth-order valence-electron chi connectivity index (χ4n) is 3.55. The van der Waals surface area contributed by atoms with Gasteiger partial charge in [-0.15, -0.1) is 0 Å². The predicted molar refractivity (Wildman–Crippen MR) is 135 cm³/mol. The normalized spacial score (nSPS) is 11.3. The number of halogens is 4. The first-order valence-corrected chi connectivity index (χ1v) is 11.7. The van der Waals surface area contributed by atoms with Crippen molar-refractivity contribution in [3.63, 3.8) is 0 Å². The van der Waals surface area contributed by atoms with Crippen molar-refractivity contribution in [2.24, 2.45) is 0 Å². The van der Waals surface area contributed by atoms with Gasteiger partial charge in [-0.1, -0.05) is 23.7 Å². The highest BCUT2D eigenvalue weighted by atomic mass is 35.5. The lowest BCUT2D eigenvalue weighted by Crippen LogP contribution is -2.20. The van der Waals surface area contributed by atoms with E-state index in [0.29, 0.717) is 10.7 Å². The maximum Gasteiger partial charge on any atom is 0.453 e. The SMILES string of the molecule is CCOc1ccccc1Oc1c(C(F)(F)F)oc2cc(OCC(=O)Nc3ccc(Cl)cc3C)ccc2c1=O. The molecule has 0 unspecified atom stereocenters. The molecule has 1 heterocycles. The molecular formula is C27H21ClF3NO6. The van der Waals surface area contributed by atoms with Crippen molar-refractivity contribution in [2.45, 2.75) is 20.0 Å². The van der Waals surface area contributed by atoms with Crippen LogP contribution in [0.2, 0.25) is 5.02 Å². The Morgan fingerprint density at radius 3 is 2.45 bits per heavy atom. The molecule has 0 saturated carbocycles. The van der Waals surface area contributed by atoms with Gasteiger partial charge in [0.2, 0.25) is 11.2 Å². The van der Waals surface area contributed by atoms with E-state index in [1.165, 1.54) is 30.3 Å². The van der Waals surface area contributed by atoms with Gasteiger partial charge in [0.15, 0.2) is 18.1 Å². The van der Waals surface area contributed by atoms with Crippen LogP contribution in [0.4, 0.5) is 18.9 Å². The number of fused-ring (bicyclic) bond motifs is 1. The monoisotopic (exact) mass is 547 g/mol. The van der Waals surface area contributed by atoms with Crippen molar-refractivity contribution in [1.29, 1.82) is 0 Å². The van der Waals surface area contributed by atoms with Crippen molar-refractivity contribution >= 4 is 34.2 Å². The van der Waals surface area contributed by atoms with Crippen LogP contribution in [-0.2, 0) is 11.0 Å². The maximum absolute atomic E-state index is 13.9. The molecule has 0 spiro atoms. The van der Waals surface area contributed by atoms with Crippen molar-refractivity contribution in [2.75, 3.05) is 18.5 Å². The van der Waals surface area contributed by atoms with E-state index in [2.05, 4.69) is 5.32 Å². The molecule has 0 aliphatic rings. The molecule has 4 rings (SSSR count). The number of hydrogen-bond acceptors (Lipinski definition) is 6. The summed E-state index contributed by atoms with van der Waals surface area (Å²) in [5.41, 5.74) is -0.160. The minimum atomic E-state index is -5.05. The summed E-state index contributed by atoms with van der Waals surface area (Å²) in [4.78, 5) is 25.4. The van der Waals surface area contributed by atoms with E-state index in [-0.39, 0.29) is 34.8 Å². The largest absolute Gasteiger partial charge is 0.490 e. The number of carbonyl (C=O) groups excluding carboxylic acids is 1. The smallest absolute Gasteiger partial charge is 0.453 e. The number of nitrogens with one attached hydrogen (secondary N) is 1. The Labute approximate surface area is 219 Å². The van der Waals surface area contributed by atoms with E-state index in [1.807, 2.05) is 0 Å². The van der Waals surface area contributed by atoms with Crippen molar-refractivity contribution < 1.29 is 36.6 Å². The van der Waals surface area contributed by atoms with Gasteiger partial charge in [0.25, 0.3) is 11.7 Å². The van der Waals surface area contributed by atoms with Gasteiger partial charge in [0, 0.05) is 16.8 Å². The molecular weight excluding hydrogens is 527 g/mol. The van der Waals surface area contributed by atoms with Crippen molar-refractivity contribution in [3.8, 4) is 23.0 Å². The van der Waals surface area contributed by atoms with E-state index < -0.39 is 35.6 Å². The molecule has 0 bridgehead atoms. The van der Waals surface area contributed by atoms with Gasteiger partial charge >= 0.3 is 6.18 Å². The second kappa shape index (κ2) is 11.1. The van der Waals surface area contributed by atoms with E-state index in [0.717, 1.165) is 11.6 Å². The van der Waals surface area contributed by atoms with Gasteiger partial charge < -0.3 is 23.9 Å². The highest BCUT2D eigenvalue weighted by Crippen LogP contribution is 2.40. The van der Waals surface area contributed by atoms with Crippen LogP contribution in [0.5, 0.6) is 23.0 Å². The summed E-state index contributed by atoms with van der Waals surface area (Å²) in [6.45, 7) is 3.25. The summed E-state index contributed by atoms with van der Waals surface area (Å²) < 4.78 is 63.0. The number of para-hydroxylation sites is 2. The van der Waals surface area contributed by atoms with Crippen molar-refractivity contribution in [3.05, 3.63) is 87.2 Å². The first-order valence-electron chi connectivity index (χ1n) is 11.3. The van der Waals surface area contributed by atoms with E-state index in [4.69, 9.17) is 30.2 Å². The summed E-state index contributed by atoms with van der Waals surface area (Å²) in [6.07, 6.45) is -5.05. The lowest BCUT2D eigenvalue weighted by Gasteiger charge is -2.15. The van der Waals surface area contributed by atoms with Gasteiger partial charge in [-0.2, -0.15) is 13.2 Å². The third kappa shape index (κ3) is 6.03. The summed E-state index contributed by atoms with van der Waals surface area (Å²) in [7, 11) is 0. The summed E-state index contributed by atoms with van der Waals surface area (Å²) >= 11 is 5.91. The van der Waals surface area contributed by atoms with Crippen LogP contribution in [0, 0.1) is 6.92 Å². The Kier molecular flexibility index (Phi) is 7.82. The third-order valence-electron chi connectivity index (χ3n) is 5.27. The number of carbonyl (C=O) groups is 1. The Bertz CT molecular complexity index is 1550. The molecule has 0 saturated heterocycles. The molecule has 7 nitrogen and oxygen atoms in total. The van der Waals surface area contributed by atoms with Gasteiger partial charge in [-0.3, -0.25) is 9.59 Å². The number of amides is 1. The standard InChI is InChI=1S/C27H21ClF3NO6/c1-3-35-20-6-4-5-7-21(20)37-25-24(34)18-10-9-17(13-22(18)38-26(25)27(29,30)31)36-14-23(33)32-19-11-8-16(28)12-15(19)2/h4-13H,3,14H2,1-2H3,(H,32,33). The fraction of sp³-hybridized carbons (Fsp3) is 0.185. The molecule has 3 aromatic carbocycles. The number of benzene rings is 3. The average molecular weight is 548 g/mol. The minimum absolute atomic E-state index is 0.0205.